The fourth-order valence-electron chi connectivity index (χ4n) is 2.88. The van der Waals surface area contributed by atoms with Crippen molar-refractivity contribution in [1.29, 1.82) is 0 Å². The topological polar surface area (TPSA) is 79.3 Å². The van der Waals surface area contributed by atoms with Gasteiger partial charge in [-0.1, -0.05) is 12.1 Å². The number of nitrogens with one attached hydrogen (secondary N) is 1. The van der Waals surface area contributed by atoms with Gasteiger partial charge in [0.15, 0.2) is 9.84 Å². The number of benzene rings is 2. The number of aliphatic hydroxyl groups excluding tert-OH is 1. The lowest BCUT2D eigenvalue weighted by atomic mass is 10.0. The molecule has 0 radical (unpaired) electrons. The second-order valence-electron chi connectivity index (χ2n) is 6.35. The number of rotatable bonds is 7. The third kappa shape index (κ3) is 4.77. The minimum Gasteiger partial charge on any atom is -0.389 e. The predicted octanol–water partition coefficient (Wildman–Crippen LogP) is 4.20. The molecular weight excluding hydrogens is 425 g/mol. The van der Waals surface area contributed by atoms with Crippen LogP contribution in [-0.4, -0.2) is 18.5 Å². The van der Waals surface area contributed by atoms with E-state index >= 15 is 0 Å². The van der Waals surface area contributed by atoms with Crippen LogP contribution in [0.25, 0.3) is 0 Å². The van der Waals surface area contributed by atoms with Crippen molar-refractivity contribution in [3.63, 3.8) is 0 Å². The lowest BCUT2D eigenvalue weighted by Gasteiger charge is -2.15. The molecule has 0 saturated carbocycles. The SMILES string of the molecule is C[C@@H](O)c1cccc(F)c1CNc1cc(F)c(S(=O)(=O)Cc2cscn2)c(F)c1. The van der Waals surface area contributed by atoms with E-state index in [1.54, 1.807) is 6.07 Å². The number of halogens is 3. The quantitative estimate of drug-likeness (QED) is 0.573. The number of aromatic nitrogens is 1. The van der Waals surface area contributed by atoms with E-state index in [1.807, 2.05) is 0 Å². The zero-order valence-corrected chi connectivity index (χ0v) is 16.8. The van der Waals surface area contributed by atoms with Crippen LogP contribution in [-0.2, 0) is 22.1 Å². The summed E-state index contributed by atoms with van der Waals surface area (Å²) in [6.07, 6.45) is -0.936. The maximum Gasteiger partial charge on any atom is 0.189 e. The van der Waals surface area contributed by atoms with Crippen molar-refractivity contribution in [1.82, 2.24) is 4.98 Å². The molecule has 0 fully saturated rings. The Bertz CT molecular complexity index is 1090. The predicted molar refractivity (Wildman–Crippen MR) is 104 cm³/mol. The van der Waals surface area contributed by atoms with E-state index in [2.05, 4.69) is 10.3 Å². The Kier molecular flexibility index (Phi) is 6.25. The second kappa shape index (κ2) is 8.52. The van der Waals surface area contributed by atoms with Crippen LogP contribution < -0.4 is 5.32 Å². The van der Waals surface area contributed by atoms with E-state index in [0.717, 1.165) is 12.1 Å². The highest BCUT2D eigenvalue weighted by atomic mass is 32.2. The molecule has 0 bridgehead atoms. The Morgan fingerprint density at radius 3 is 2.45 bits per heavy atom. The molecule has 1 heterocycles. The molecular formula is C19H17F3N2O3S2. The molecule has 2 aromatic carbocycles. The van der Waals surface area contributed by atoms with E-state index in [4.69, 9.17) is 0 Å². The zero-order valence-electron chi connectivity index (χ0n) is 15.2. The van der Waals surface area contributed by atoms with Gasteiger partial charge in [0, 0.05) is 23.2 Å². The summed E-state index contributed by atoms with van der Waals surface area (Å²) < 4.78 is 67.8. The molecule has 1 aromatic heterocycles. The van der Waals surface area contributed by atoms with Gasteiger partial charge in [0.1, 0.15) is 22.3 Å². The number of sulfone groups is 1. The molecule has 0 aliphatic heterocycles. The average molecular weight is 442 g/mol. The highest BCUT2D eigenvalue weighted by molar-refractivity contribution is 7.90. The molecule has 0 aliphatic carbocycles. The van der Waals surface area contributed by atoms with E-state index in [-0.39, 0.29) is 23.5 Å². The number of aliphatic hydroxyl groups is 1. The fourth-order valence-corrected chi connectivity index (χ4v) is 4.95. The first-order chi connectivity index (χ1) is 13.7. The van der Waals surface area contributed by atoms with Crippen LogP contribution in [0.1, 0.15) is 29.8 Å². The zero-order chi connectivity index (χ0) is 21.2. The van der Waals surface area contributed by atoms with Crippen LogP contribution in [0.15, 0.2) is 46.1 Å². The van der Waals surface area contributed by atoms with Crippen molar-refractivity contribution in [3.8, 4) is 0 Å². The van der Waals surface area contributed by atoms with Gasteiger partial charge >= 0.3 is 0 Å². The van der Waals surface area contributed by atoms with Crippen LogP contribution in [0, 0.1) is 17.5 Å². The van der Waals surface area contributed by atoms with Gasteiger partial charge in [-0.25, -0.2) is 26.6 Å². The Labute approximate surface area is 169 Å². The summed E-state index contributed by atoms with van der Waals surface area (Å²) in [5.41, 5.74) is 2.03. The molecule has 154 valence electrons. The molecule has 2 N–H and O–H groups in total. The van der Waals surface area contributed by atoms with E-state index in [0.29, 0.717) is 5.56 Å². The van der Waals surface area contributed by atoms with Gasteiger partial charge in [-0.05, 0) is 30.7 Å². The number of hydrogen-bond acceptors (Lipinski definition) is 6. The largest absolute Gasteiger partial charge is 0.389 e. The minimum atomic E-state index is -4.28. The summed E-state index contributed by atoms with van der Waals surface area (Å²) in [6.45, 7) is 1.32. The molecule has 0 amide bonds. The third-order valence-electron chi connectivity index (χ3n) is 4.21. The first kappa shape index (κ1) is 21.3. The van der Waals surface area contributed by atoms with Gasteiger partial charge in [-0.2, -0.15) is 0 Å². The van der Waals surface area contributed by atoms with Crippen LogP contribution >= 0.6 is 11.3 Å². The molecule has 0 aliphatic rings. The average Bonchev–Trinajstić information content (AvgIpc) is 3.11. The first-order valence-electron chi connectivity index (χ1n) is 8.47. The summed E-state index contributed by atoms with van der Waals surface area (Å²) in [7, 11) is -4.28. The van der Waals surface area contributed by atoms with Gasteiger partial charge in [0.2, 0.25) is 0 Å². The van der Waals surface area contributed by atoms with Crippen molar-refractivity contribution in [2.45, 2.75) is 30.2 Å². The minimum absolute atomic E-state index is 0.0626. The molecule has 1 atom stereocenters. The van der Waals surface area contributed by atoms with Crippen molar-refractivity contribution < 1.29 is 26.7 Å². The summed E-state index contributed by atoms with van der Waals surface area (Å²) in [4.78, 5) is 2.79. The van der Waals surface area contributed by atoms with Gasteiger partial charge in [0.25, 0.3) is 0 Å². The standard InChI is InChI=1S/C19H17F3N2O3S2/c1-11(25)14-3-2-4-16(20)15(14)7-23-12-5-17(21)19(18(22)6-12)29(26,27)9-13-8-28-10-24-13/h2-6,8,10-11,23,25H,7,9H2,1H3/t11-/m1/s1. The molecule has 29 heavy (non-hydrogen) atoms. The van der Waals surface area contributed by atoms with E-state index < -0.39 is 44.0 Å². The summed E-state index contributed by atoms with van der Waals surface area (Å²) >= 11 is 1.17. The monoisotopic (exact) mass is 442 g/mol. The smallest absolute Gasteiger partial charge is 0.189 e. The summed E-state index contributed by atoms with van der Waals surface area (Å²) in [5, 5.41) is 13.9. The Morgan fingerprint density at radius 1 is 1.17 bits per heavy atom. The fraction of sp³-hybridized carbons (Fsp3) is 0.211. The van der Waals surface area contributed by atoms with Gasteiger partial charge in [0.05, 0.1) is 23.1 Å². The molecule has 0 saturated heterocycles. The van der Waals surface area contributed by atoms with Gasteiger partial charge in [-0.15, -0.1) is 11.3 Å². The Hall–Kier alpha value is -2.43. The lowest BCUT2D eigenvalue weighted by molar-refractivity contribution is 0.197. The Balaban J connectivity index is 1.85. The molecule has 3 aromatic rings. The maximum atomic E-state index is 14.5. The lowest BCUT2D eigenvalue weighted by Crippen LogP contribution is -2.12. The van der Waals surface area contributed by atoms with Crippen molar-refractivity contribution in [2.24, 2.45) is 0 Å². The molecule has 0 unspecified atom stereocenters. The highest BCUT2D eigenvalue weighted by Gasteiger charge is 2.26. The van der Waals surface area contributed by atoms with Crippen molar-refractivity contribution in [2.75, 3.05) is 5.32 Å². The van der Waals surface area contributed by atoms with Gasteiger partial charge in [-0.3, -0.25) is 0 Å². The summed E-state index contributed by atoms with van der Waals surface area (Å²) in [5.74, 6) is -3.72. The normalized spacial score (nSPS) is 12.7. The second-order valence-corrected chi connectivity index (χ2v) is 8.99. The number of hydrogen-bond donors (Lipinski definition) is 2. The van der Waals surface area contributed by atoms with Crippen LogP contribution in [0.5, 0.6) is 0 Å². The third-order valence-corrected chi connectivity index (χ3v) is 6.53. The maximum absolute atomic E-state index is 14.5. The van der Waals surface area contributed by atoms with E-state index in [1.165, 1.54) is 41.3 Å². The van der Waals surface area contributed by atoms with Crippen LogP contribution in [0.2, 0.25) is 0 Å². The highest BCUT2D eigenvalue weighted by Crippen LogP contribution is 2.27. The first-order valence-corrected chi connectivity index (χ1v) is 11.1. The van der Waals surface area contributed by atoms with Crippen LogP contribution in [0.4, 0.5) is 18.9 Å². The van der Waals surface area contributed by atoms with Crippen molar-refractivity contribution in [3.05, 3.63) is 75.5 Å². The number of anilines is 1. The molecule has 0 spiro atoms. The molecule has 5 nitrogen and oxygen atoms in total. The van der Waals surface area contributed by atoms with Gasteiger partial charge < -0.3 is 10.4 Å². The number of nitrogens with zero attached hydrogens (tertiary/aromatic N) is 1. The Morgan fingerprint density at radius 2 is 1.86 bits per heavy atom. The van der Waals surface area contributed by atoms with E-state index in [9.17, 15) is 26.7 Å². The van der Waals surface area contributed by atoms with Crippen LogP contribution in [0.3, 0.4) is 0 Å². The number of thiazole rings is 1. The summed E-state index contributed by atoms with van der Waals surface area (Å²) in [6, 6.07) is 5.86. The molecule has 10 heteroatoms. The van der Waals surface area contributed by atoms with Crippen molar-refractivity contribution >= 4 is 26.9 Å². The molecule has 3 rings (SSSR count).